The van der Waals surface area contributed by atoms with E-state index in [9.17, 15) is 14.7 Å². The number of aliphatic hydroxyl groups excluding tert-OH is 1. The van der Waals surface area contributed by atoms with E-state index in [0.717, 1.165) is 5.56 Å². The summed E-state index contributed by atoms with van der Waals surface area (Å²) in [6, 6.07) is 13.1. The minimum Gasteiger partial charge on any atom is -0.507 e. The Kier molecular flexibility index (Phi) is 5.98. The number of benzene rings is 1. The summed E-state index contributed by atoms with van der Waals surface area (Å²) < 4.78 is 5.65. The molecule has 3 aromatic rings. The fourth-order valence-corrected chi connectivity index (χ4v) is 3.74. The maximum absolute atomic E-state index is 13.1. The topological polar surface area (TPSA) is 92.6 Å². The molecular formula is C25H23N3O4. The number of nitrogens with zero attached hydrogens (tertiary/aromatic N) is 3. The van der Waals surface area contributed by atoms with Gasteiger partial charge in [-0.25, -0.2) is 0 Å². The molecule has 1 aliphatic heterocycles. The van der Waals surface area contributed by atoms with Gasteiger partial charge in [-0.15, -0.1) is 0 Å². The first-order chi connectivity index (χ1) is 15.5. The predicted molar refractivity (Wildman–Crippen MR) is 119 cm³/mol. The molecule has 0 saturated carbocycles. The molecule has 1 amide bonds. The molecule has 1 N–H and O–H groups in total. The molecule has 4 rings (SSSR count). The number of rotatable bonds is 6. The van der Waals surface area contributed by atoms with Gasteiger partial charge in [0.1, 0.15) is 11.5 Å². The first kappa shape index (κ1) is 21.2. The molecule has 1 aromatic carbocycles. The molecule has 0 bridgehead atoms. The smallest absolute Gasteiger partial charge is 0.295 e. The molecule has 1 atom stereocenters. The van der Waals surface area contributed by atoms with Crippen LogP contribution in [0.4, 0.5) is 0 Å². The molecule has 0 unspecified atom stereocenters. The third-order valence-corrected chi connectivity index (χ3v) is 5.14. The molecule has 1 fully saturated rings. The SMILES string of the molecule is CC(C)Oc1ccc(C(O)=C2C(=O)C(=O)N(Cc3cccnc3)[C@@H]2c2ccncc2)cc1. The Labute approximate surface area is 186 Å². The Balaban J connectivity index is 1.78. The quantitative estimate of drug-likeness (QED) is 0.363. The molecule has 2 aromatic heterocycles. The van der Waals surface area contributed by atoms with Crippen molar-refractivity contribution in [1.29, 1.82) is 0 Å². The lowest BCUT2D eigenvalue weighted by Crippen LogP contribution is -2.29. The molecule has 1 aliphatic rings. The summed E-state index contributed by atoms with van der Waals surface area (Å²) in [5.74, 6) is -0.970. The number of ether oxygens (including phenoxy) is 1. The summed E-state index contributed by atoms with van der Waals surface area (Å²) in [6.07, 6.45) is 6.50. The van der Waals surface area contributed by atoms with Crippen LogP contribution in [0, 0.1) is 0 Å². The summed E-state index contributed by atoms with van der Waals surface area (Å²) in [7, 11) is 0. The van der Waals surface area contributed by atoms with Crippen LogP contribution in [0.5, 0.6) is 5.75 Å². The average molecular weight is 429 g/mol. The van der Waals surface area contributed by atoms with Crippen LogP contribution in [0.1, 0.15) is 36.6 Å². The number of hydrogen-bond acceptors (Lipinski definition) is 6. The average Bonchev–Trinajstić information content (AvgIpc) is 3.05. The molecule has 162 valence electrons. The van der Waals surface area contributed by atoms with E-state index in [4.69, 9.17) is 4.74 Å². The minimum absolute atomic E-state index is 0.0129. The number of ketones is 1. The summed E-state index contributed by atoms with van der Waals surface area (Å²) >= 11 is 0. The van der Waals surface area contributed by atoms with Crippen LogP contribution in [-0.2, 0) is 16.1 Å². The van der Waals surface area contributed by atoms with E-state index in [1.807, 2.05) is 19.9 Å². The summed E-state index contributed by atoms with van der Waals surface area (Å²) in [4.78, 5) is 35.6. The van der Waals surface area contributed by atoms with Crippen molar-refractivity contribution in [2.75, 3.05) is 0 Å². The zero-order chi connectivity index (χ0) is 22.7. The van der Waals surface area contributed by atoms with Crippen LogP contribution in [-0.4, -0.2) is 37.8 Å². The first-order valence-corrected chi connectivity index (χ1v) is 10.3. The van der Waals surface area contributed by atoms with E-state index in [0.29, 0.717) is 16.9 Å². The normalized spacial score (nSPS) is 17.7. The van der Waals surface area contributed by atoms with Gasteiger partial charge in [-0.1, -0.05) is 6.07 Å². The van der Waals surface area contributed by atoms with Gasteiger partial charge in [-0.05, 0) is 67.4 Å². The van der Waals surface area contributed by atoms with Gasteiger partial charge >= 0.3 is 0 Å². The number of amides is 1. The van der Waals surface area contributed by atoms with Gasteiger partial charge in [-0.2, -0.15) is 0 Å². The lowest BCUT2D eigenvalue weighted by Gasteiger charge is -2.25. The van der Waals surface area contributed by atoms with Crippen molar-refractivity contribution in [1.82, 2.24) is 14.9 Å². The number of hydrogen-bond donors (Lipinski definition) is 1. The van der Waals surface area contributed by atoms with Gasteiger partial charge in [0.05, 0.1) is 17.7 Å². The number of aliphatic hydroxyl groups is 1. The molecule has 0 aliphatic carbocycles. The predicted octanol–water partition coefficient (Wildman–Crippen LogP) is 3.89. The third kappa shape index (κ3) is 4.23. The second-order valence-corrected chi connectivity index (χ2v) is 7.76. The zero-order valence-electron chi connectivity index (χ0n) is 17.8. The highest BCUT2D eigenvalue weighted by Crippen LogP contribution is 2.40. The molecule has 3 heterocycles. The third-order valence-electron chi connectivity index (χ3n) is 5.14. The van der Waals surface area contributed by atoms with Gasteiger partial charge in [0.2, 0.25) is 0 Å². The molecule has 0 radical (unpaired) electrons. The van der Waals surface area contributed by atoms with E-state index in [1.165, 1.54) is 4.90 Å². The van der Waals surface area contributed by atoms with Crippen LogP contribution < -0.4 is 4.74 Å². The van der Waals surface area contributed by atoms with E-state index >= 15 is 0 Å². The minimum atomic E-state index is -0.746. The fraction of sp³-hybridized carbons (Fsp3) is 0.200. The van der Waals surface area contributed by atoms with Crippen molar-refractivity contribution in [2.45, 2.75) is 32.5 Å². The summed E-state index contributed by atoms with van der Waals surface area (Å²) in [5, 5.41) is 11.1. The van der Waals surface area contributed by atoms with E-state index < -0.39 is 17.7 Å². The van der Waals surface area contributed by atoms with Crippen molar-refractivity contribution in [3.63, 3.8) is 0 Å². The van der Waals surface area contributed by atoms with Crippen molar-refractivity contribution in [3.05, 3.63) is 95.6 Å². The van der Waals surface area contributed by atoms with Crippen molar-refractivity contribution in [2.24, 2.45) is 0 Å². The number of carbonyl (C=O) groups is 2. The number of Topliss-reactive ketones (excluding diaryl/α,β-unsaturated/α-hetero) is 1. The van der Waals surface area contributed by atoms with Crippen molar-refractivity contribution >= 4 is 17.4 Å². The number of likely N-dealkylation sites (tertiary alicyclic amines) is 1. The summed E-state index contributed by atoms with van der Waals surface area (Å²) in [6.45, 7) is 4.03. The van der Waals surface area contributed by atoms with Gasteiger partial charge in [0.25, 0.3) is 11.7 Å². The number of pyridine rings is 2. The molecular weight excluding hydrogens is 406 g/mol. The van der Waals surface area contributed by atoms with Crippen molar-refractivity contribution < 1.29 is 19.4 Å². The molecule has 0 spiro atoms. The van der Waals surface area contributed by atoms with Crippen LogP contribution in [0.2, 0.25) is 0 Å². The monoisotopic (exact) mass is 429 g/mol. The molecule has 7 heteroatoms. The molecule has 1 saturated heterocycles. The zero-order valence-corrected chi connectivity index (χ0v) is 17.8. The van der Waals surface area contributed by atoms with E-state index in [-0.39, 0.29) is 24.0 Å². The highest BCUT2D eigenvalue weighted by molar-refractivity contribution is 6.46. The van der Waals surface area contributed by atoms with Gasteiger partial charge in [0, 0.05) is 36.9 Å². The second kappa shape index (κ2) is 9.01. The lowest BCUT2D eigenvalue weighted by molar-refractivity contribution is -0.140. The maximum atomic E-state index is 13.1. The first-order valence-electron chi connectivity index (χ1n) is 10.3. The Bertz CT molecular complexity index is 1140. The van der Waals surface area contributed by atoms with Crippen LogP contribution in [0.15, 0.2) is 78.9 Å². The lowest BCUT2D eigenvalue weighted by atomic mass is 9.96. The van der Waals surface area contributed by atoms with E-state index in [2.05, 4.69) is 9.97 Å². The largest absolute Gasteiger partial charge is 0.507 e. The summed E-state index contributed by atoms with van der Waals surface area (Å²) in [5.41, 5.74) is 1.94. The highest BCUT2D eigenvalue weighted by atomic mass is 16.5. The Morgan fingerprint density at radius 3 is 2.38 bits per heavy atom. The van der Waals surface area contributed by atoms with Gasteiger partial charge < -0.3 is 14.7 Å². The maximum Gasteiger partial charge on any atom is 0.295 e. The Hall–Kier alpha value is -4.00. The van der Waals surface area contributed by atoms with E-state index in [1.54, 1.807) is 67.3 Å². The van der Waals surface area contributed by atoms with Gasteiger partial charge in [-0.3, -0.25) is 19.6 Å². The number of aromatic nitrogens is 2. The standard InChI is InChI=1S/C25H23N3O4/c1-16(2)32-20-7-5-19(6-8-20)23(29)21-22(18-9-12-26-13-10-18)28(25(31)24(21)30)15-17-4-3-11-27-14-17/h3-14,16,22,29H,15H2,1-2H3/t22-/m1/s1. The van der Waals surface area contributed by atoms with Crippen molar-refractivity contribution in [3.8, 4) is 5.75 Å². The number of carbonyl (C=O) groups excluding carboxylic acids is 2. The molecule has 7 nitrogen and oxygen atoms in total. The fourth-order valence-electron chi connectivity index (χ4n) is 3.74. The second-order valence-electron chi connectivity index (χ2n) is 7.76. The van der Waals surface area contributed by atoms with Crippen LogP contribution in [0.25, 0.3) is 5.76 Å². The van der Waals surface area contributed by atoms with Gasteiger partial charge in [0.15, 0.2) is 0 Å². The highest BCUT2D eigenvalue weighted by Gasteiger charge is 2.46. The Morgan fingerprint density at radius 2 is 1.75 bits per heavy atom. The Morgan fingerprint density at radius 1 is 1.03 bits per heavy atom. The molecule has 32 heavy (non-hydrogen) atoms. The van der Waals surface area contributed by atoms with Crippen LogP contribution >= 0.6 is 0 Å². The van der Waals surface area contributed by atoms with Crippen LogP contribution in [0.3, 0.4) is 0 Å².